The number of hydrogen-bond acceptors (Lipinski definition) is 2. The lowest BCUT2D eigenvalue weighted by Crippen LogP contribution is -2.58. The third-order valence-electron chi connectivity index (χ3n) is 2.95. The lowest BCUT2D eigenvalue weighted by Gasteiger charge is -2.51. The average Bonchev–Trinajstić information content (AvgIpc) is 2.02. The van der Waals surface area contributed by atoms with Crippen LogP contribution in [0, 0.1) is 11.8 Å². The molecule has 0 aromatic carbocycles. The van der Waals surface area contributed by atoms with Gasteiger partial charge in [-0.05, 0) is 18.3 Å². The molecular formula is C8H13F2NO. The third-order valence-corrected chi connectivity index (χ3v) is 2.95. The van der Waals surface area contributed by atoms with E-state index in [1.165, 1.54) is 0 Å². The molecule has 2 nitrogen and oxygen atoms in total. The van der Waals surface area contributed by atoms with E-state index in [9.17, 15) is 13.9 Å². The summed E-state index contributed by atoms with van der Waals surface area (Å²) in [6.07, 6.45) is -1.42. The summed E-state index contributed by atoms with van der Waals surface area (Å²) in [5.41, 5.74) is 0. The highest BCUT2D eigenvalue weighted by molar-refractivity contribution is 4.97. The molecule has 1 aliphatic carbocycles. The van der Waals surface area contributed by atoms with E-state index in [0.29, 0.717) is 13.1 Å². The molecule has 0 amide bonds. The molecule has 2 saturated heterocycles. The third kappa shape index (κ3) is 1.33. The Morgan fingerprint density at radius 3 is 2.33 bits per heavy atom. The van der Waals surface area contributed by atoms with Gasteiger partial charge >= 0.3 is 0 Å². The van der Waals surface area contributed by atoms with Crippen LogP contribution < -0.4 is 0 Å². The summed E-state index contributed by atoms with van der Waals surface area (Å²) in [5, 5.41) is 9.37. The van der Waals surface area contributed by atoms with Gasteiger partial charge in [0, 0.05) is 13.1 Å². The normalized spacial score (nSPS) is 41.5. The fourth-order valence-electron chi connectivity index (χ4n) is 2.30. The first kappa shape index (κ1) is 8.38. The molecule has 0 spiro atoms. The van der Waals surface area contributed by atoms with Gasteiger partial charge in [-0.25, -0.2) is 8.78 Å². The minimum Gasteiger partial charge on any atom is -0.392 e. The van der Waals surface area contributed by atoms with E-state index in [4.69, 9.17) is 0 Å². The Hall–Kier alpha value is -0.220. The van der Waals surface area contributed by atoms with Crippen LogP contribution in [0.2, 0.25) is 0 Å². The second-order valence-corrected chi connectivity index (χ2v) is 3.86. The number of aliphatic hydroxyl groups is 1. The molecule has 12 heavy (non-hydrogen) atoms. The van der Waals surface area contributed by atoms with Gasteiger partial charge < -0.3 is 5.11 Å². The molecule has 2 bridgehead atoms. The van der Waals surface area contributed by atoms with Crippen LogP contribution >= 0.6 is 0 Å². The van der Waals surface area contributed by atoms with Crippen molar-refractivity contribution >= 4 is 0 Å². The van der Waals surface area contributed by atoms with Crippen LogP contribution in [0.15, 0.2) is 0 Å². The summed E-state index contributed by atoms with van der Waals surface area (Å²) in [6.45, 7) is 1.18. The van der Waals surface area contributed by atoms with Gasteiger partial charge in [-0.3, -0.25) is 4.90 Å². The number of aliphatic hydroxyl groups excluding tert-OH is 1. The van der Waals surface area contributed by atoms with Crippen molar-refractivity contribution in [3.05, 3.63) is 0 Å². The lowest BCUT2D eigenvalue weighted by atomic mass is 9.68. The Morgan fingerprint density at radius 2 is 1.92 bits per heavy atom. The van der Waals surface area contributed by atoms with Crippen LogP contribution in [-0.4, -0.2) is 42.2 Å². The highest BCUT2D eigenvalue weighted by Gasteiger charge is 2.45. The van der Waals surface area contributed by atoms with Crippen LogP contribution in [-0.2, 0) is 0 Å². The molecular weight excluding hydrogens is 164 g/mol. The maximum atomic E-state index is 12.0. The first-order chi connectivity index (χ1) is 5.66. The SMILES string of the molecule is OC1[C@@H]2C[C@H]1CN(CC(F)F)C2. The molecule has 3 aliphatic rings. The first-order valence-corrected chi connectivity index (χ1v) is 4.35. The Bertz CT molecular complexity index is 164. The molecule has 0 aromatic rings. The summed E-state index contributed by atoms with van der Waals surface area (Å²) >= 11 is 0. The molecule has 1 unspecified atom stereocenters. The van der Waals surface area contributed by atoms with Gasteiger partial charge in [0.1, 0.15) is 0 Å². The van der Waals surface area contributed by atoms with Crippen molar-refractivity contribution in [2.75, 3.05) is 19.6 Å². The standard InChI is InChI=1S/C8H13F2NO/c9-7(10)4-11-2-5-1-6(3-11)8(5)12/h5-8,12H,1-4H2/t5-,6+,8?. The second kappa shape index (κ2) is 2.92. The summed E-state index contributed by atoms with van der Waals surface area (Å²) < 4.78 is 23.9. The van der Waals surface area contributed by atoms with E-state index in [2.05, 4.69) is 0 Å². The average molecular weight is 177 g/mol. The molecule has 3 fully saturated rings. The van der Waals surface area contributed by atoms with E-state index in [0.717, 1.165) is 6.42 Å². The quantitative estimate of drug-likeness (QED) is 0.666. The monoisotopic (exact) mass is 177 g/mol. The molecule has 3 rings (SSSR count). The smallest absolute Gasteiger partial charge is 0.251 e. The minimum atomic E-state index is -2.24. The Morgan fingerprint density at radius 1 is 1.33 bits per heavy atom. The Labute approximate surface area is 70.2 Å². The van der Waals surface area contributed by atoms with Crippen molar-refractivity contribution in [2.24, 2.45) is 11.8 Å². The summed E-state index contributed by atoms with van der Waals surface area (Å²) in [4.78, 5) is 1.76. The summed E-state index contributed by atoms with van der Waals surface area (Å²) in [6, 6.07) is 0. The van der Waals surface area contributed by atoms with Gasteiger partial charge in [-0.2, -0.15) is 0 Å². The molecule has 1 saturated carbocycles. The number of fused-ring (bicyclic) bond motifs is 2. The molecule has 3 atom stereocenters. The number of halogens is 2. The Balaban J connectivity index is 1.83. The predicted octanol–water partition coefficient (Wildman–Crippen LogP) is 0.564. The molecule has 0 radical (unpaired) electrons. The number of alkyl halides is 2. The molecule has 4 heteroatoms. The highest BCUT2D eigenvalue weighted by atomic mass is 19.3. The molecule has 2 aliphatic heterocycles. The van der Waals surface area contributed by atoms with Gasteiger partial charge in [-0.15, -0.1) is 0 Å². The zero-order chi connectivity index (χ0) is 8.72. The molecule has 1 N–H and O–H groups in total. The topological polar surface area (TPSA) is 23.5 Å². The van der Waals surface area contributed by atoms with Gasteiger partial charge in [0.15, 0.2) is 0 Å². The predicted molar refractivity (Wildman–Crippen MR) is 40.0 cm³/mol. The number of nitrogens with zero attached hydrogens (tertiary/aromatic N) is 1. The first-order valence-electron chi connectivity index (χ1n) is 4.35. The minimum absolute atomic E-state index is 0.125. The van der Waals surface area contributed by atoms with Crippen LogP contribution in [0.3, 0.4) is 0 Å². The van der Waals surface area contributed by atoms with E-state index in [1.54, 1.807) is 4.90 Å². The molecule has 70 valence electrons. The van der Waals surface area contributed by atoms with Gasteiger partial charge in [0.2, 0.25) is 0 Å². The van der Waals surface area contributed by atoms with Gasteiger partial charge in [-0.1, -0.05) is 0 Å². The van der Waals surface area contributed by atoms with Gasteiger partial charge in [0.25, 0.3) is 6.43 Å². The van der Waals surface area contributed by atoms with Crippen LogP contribution in [0.4, 0.5) is 8.78 Å². The van der Waals surface area contributed by atoms with Crippen molar-refractivity contribution in [3.8, 4) is 0 Å². The number of rotatable bonds is 2. The van der Waals surface area contributed by atoms with E-state index < -0.39 is 6.43 Å². The van der Waals surface area contributed by atoms with Crippen molar-refractivity contribution in [2.45, 2.75) is 19.0 Å². The fraction of sp³-hybridized carbons (Fsp3) is 1.00. The van der Waals surface area contributed by atoms with E-state index in [-0.39, 0.29) is 24.5 Å². The fourth-order valence-corrected chi connectivity index (χ4v) is 2.30. The molecule has 2 heterocycles. The van der Waals surface area contributed by atoms with Crippen LogP contribution in [0.1, 0.15) is 6.42 Å². The maximum absolute atomic E-state index is 12.0. The van der Waals surface area contributed by atoms with Crippen molar-refractivity contribution in [1.82, 2.24) is 4.90 Å². The lowest BCUT2D eigenvalue weighted by molar-refractivity contribution is -0.115. The van der Waals surface area contributed by atoms with Gasteiger partial charge in [0.05, 0.1) is 12.6 Å². The van der Waals surface area contributed by atoms with Crippen molar-refractivity contribution < 1.29 is 13.9 Å². The zero-order valence-electron chi connectivity index (χ0n) is 6.79. The molecule has 0 aromatic heterocycles. The van der Waals surface area contributed by atoms with Crippen LogP contribution in [0.25, 0.3) is 0 Å². The highest BCUT2D eigenvalue weighted by Crippen LogP contribution is 2.39. The maximum Gasteiger partial charge on any atom is 0.251 e. The van der Waals surface area contributed by atoms with Crippen molar-refractivity contribution in [1.29, 1.82) is 0 Å². The second-order valence-electron chi connectivity index (χ2n) is 3.86. The summed E-state index contributed by atoms with van der Waals surface area (Å²) in [5.74, 6) is 0.532. The van der Waals surface area contributed by atoms with Crippen molar-refractivity contribution in [3.63, 3.8) is 0 Å². The van der Waals surface area contributed by atoms with E-state index >= 15 is 0 Å². The largest absolute Gasteiger partial charge is 0.392 e. The summed E-state index contributed by atoms with van der Waals surface area (Å²) in [7, 11) is 0. The number of piperidine rings is 2. The zero-order valence-corrected chi connectivity index (χ0v) is 6.79. The number of hydrogen-bond donors (Lipinski definition) is 1. The Kier molecular flexibility index (Phi) is 2.04. The van der Waals surface area contributed by atoms with Crippen LogP contribution in [0.5, 0.6) is 0 Å². The van der Waals surface area contributed by atoms with E-state index in [1.807, 2.05) is 0 Å².